The molecule has 1 fully saturated rings. The molecule has 2 aromatic carbocycles. The van der Waals surface area contributed by atoms with E-state index >= 15 is 0 Å². The molecule has 0 radical (unpaired) electrons. The van der Waals surface area contributed by atoms with Gasteiger partial charge in [-0.2, -0.15) is 0 Å². The summed E-state index contributed by atoms with van der Waals surface area (Å²) in [7, 11) is 0. The third-order valence-electron chi connectivity index (χ3n) is 5.72. The highest BCUT2D eigenvalue weighted by Gasteiger charge is 2.22. The van der Waals surface area contributed by atoms with E-state index in [-0.39, 0.29) is 29.1 Å². The molecule has 0 N–H and O–H groups in total. The third-order valence-corrected chi connectivity index (χ3v) is 5.72. The predicted octanol–water partition coefficient (Wildman–Crippen LogP) is 4.30. The molecule has 1 aliphatic rings. The summed E-state index contributed by atoms with van der Waals surface area (Å²) in [4.78, 5) is 27.6. The van der Waals surface area contributed by atoms with E-state index in [0.717, 1.165) is 11.1 Å². The zero-order valence-electron chi connectivity index (χ0n) is 19.1. The fraction of sp³-hybridized carbons (Fsp3) is 0.385. The minimum absolute atomic E-state index is 0.00374. The molecule has 32 heavy (non-hydrogen) atoms. The molecule has 1 aromatic heterocycles. The van der Waals surface area contributed by atoms with Crippen molar-refractivity contribution in [1.82, 2.24) is 4.90 Å². The average Bonchev–Trinajstić information content (AvgIpc) is 2.78. The van der Waals surface area contributed by atoms with Crippen molar-refractivity contribution in [3.8, 4) is 17.1 Å². The van der Waals surface area contributed by atoms with Crippen LogP contribution in [0.1, 0.15) is 31.9 Å². The Morgan fingerprint density at radius 3 is 2.41 bits per heavy atom. The van der Waals surface area contributed by atoms with Gasteiger partial charge < -0.3 is 18.8 Å². The van der Waals surface area contributed by atoms with Crippen molar-refractivity contribution in [3.63, 3.8) is 0 Å². The second-order valence-electron chi connectivity index (χ2n) is 9.20. The summed E-state index contributed by atoms with van der Waals surface area (Å²) in [6.45, 7) is 10.2. The van der Waals surface area contributed by atoms with Gasteiger partial charge in [0.1, 0.15) is 5.58 Å². The molecule has 3 aromatic rings. The van der Waals surface area contributed by atoms with Crippen LogP contribution in [0.3, 0.4) is 0 Å². The van der Waals surface area contributed by atoms with E-state index in [9.17, 15) is 9.59 Å². The number of hydrogen-bond donors (Lipinski definition) is 0. The average molecular weight is 436 g/mol. The van der Waals surface area contributed by atoms with E-state index in [1.165, 1.54) is 5.56 Å². The molecule has 1 saturated heterocycles. The molecule has 0 unspecified atom stereocenters. The maximum Gasteiger partial charge on any atom is 0.260 e. The fourth-order valence-corrected chi connectivity index (χ4v) is 3.76. The Balaban J connectivity index is 1.74. The number of fused-ring (bicyclic) bond motifs is 1. The number of morpholine rings is 1. The number of ether oxygens (including phenoxy) is 2. The van der Waals surface area contributed by atoms with Gasteiger partial charge >= 0.3 is 0 Å². The first-order chi connectivity index (χ1) is 15.2. The highest BCUT2D eigenvalue weighted by Crippen LogP contribution is 2.33. The van der Waals surface area contributed by atoms with Gasteiger partial charge in [-0.3, -0.25) is 9.59 Å². The van der Waals surface area contributed by atoms with E-state index in [1.54, 1.807) is 11.0 Å². The number of nitrogens with zero attached hydrogens (tertiary/aromatic N) is 1. The van der Waals surface area contributed by atoms with Crippen LogP contribution >= 0.6 is 0 Å². The second-order valence-corrected chi connectivity index (χ2v) is 9.20. The molecule has 0 bridgehead atoms. The van der Waals surface area contributed by atoms with Gasteiger partial charge in [-0.05, 0) is 35.6 Å². The van der Waals surface area contributed by atoms with Crippen molar-refractivity contribution in [2.24, 2.45) is 0 Å². The number of rotatable bonds is 4. The fourth-order valence-electron chi connectivity index (χ4n) is 3.76. The molecular formula is C26H29NO5. The number of carbonyl (C=O) groups excluding carboxylic acids is 1. The summed E-state index contributed by atoms with van der Waals surface area (Å²) >= 11 is 0. The van der Waals surface area contributed by atoms with Crippen LogP contribution in [-0.4, -0.2) is 43.7 Å². The van der Waals surface area contributed by atoms with Gasteiger partial charge in [0.15, 0.2) is 12.4 Å². The van der Waals surface area contributed by atoms with E-state index < -0.39 is 0 Å². The Bertz CT molecular complexity index is 1180. The van der Waals surface area contributed by atoms with Crippen LogP contribution in [-0.2, 0) is 14.9 Å². The van der Waals surface area contributed by atoms with Gasteiger partial charge in [0.25, 0.3) is 5.91 Å². The van der Waals surface area contributed by atoms with E-state index in [1.807, 2.05) is 43.3 Å². The van der Waals surface area contributed by atoms with E-state index in [2.05, 4.69) is 20.8 Å². The molecular weight excluding hydrogens is 406 g/mol. The van der Waals surface area contributed by atoms with Gasteiger partial charge in [-0.25, -0.2) is 0 Å². The molecule has 6 heteroatoms. The summed E-state index contributed by atoms with van der Waals surface area (Å²) < 4.78 is 17.3. The largest absolute Gasteiger partial charge is 0.476 e. The SMILES string of the molecule is Cc1ccc2c(=O)c(OCC(=O)N3CCOCC3)c(-c3ccc(C(C)(C)C)cc3)oc2c1. The molecule has 168 valence electrons. The number of amides is 1. The first-order valence-electron chi connectivity index (χ1n) is 10.9. The Morgan fingerprint density at radius 1 is 1.06 bits per heavy atom. The van der Waals surface area contributed by atoms with Crippen molar-refractivity contribution in [3.05, 3.63) is 63.8 Å². The van der Waals surface area contributed by atoms with Crippen LogP contribution in [0.5, 0.6) is 5.75 Å². The lowest BCUT2D eigenvalue weighted by atomic mass is 9.86. The molecule has 1 amide bonds. The number of carbonyl (C=O) groups is 1. The molecule has 0 saturated carbocycles. The van der Waals surface area contributed by atoms with Crippen LogP contribution in [0.15, 0.2) is 51.7 Å². The van der Waals surface area contributed by atoms with Gasteiger partial charge in [-0.15, -0.1) is 0 Å². The number of hydrogen-bond acceptors (Lipinski definition) is 5. The first kappa shape index (κ1) is 22.1. The lowest BCUT2D eigenvalue weighted by molar-refractivity contribution is -0.137. The first-order valence-corrected chi connectivity index (χ1v) is 10.9. The standard InChI is InChI=1S/C26H29NO5/c1-17-5-10-20-21(15-17)32-24(18-6-8-19(9-7-18)26(2,3)4)25(23(20)29)31-16-22(28)27-11-13-30-14-12-27/h5-10,15H,11-14,16H2,1-4H3. The minimum Gasteiger partial charge on any atom is -0.476 e. The topological polar surface area (TPSA) is 69.0 Å². The maximum atomic E-state index is 13.3. The second kappa shape index (κ2) is 8.79. The molecule has 0 aliphatic carbocycles. The van der Waals surface area contributed by atoms with Crippen LogP contribution in [0.2, 0.25) is 0 Å². The summed E-state index contributed by atoms with van der Waals surface area (Å²) in [6, 6.07) is 13.3. The van der Waals surface area contributed by atoms with Gasteiger partial charge in [0.2, 0.25) is 11.2 Å². The minimum atomic E-state index is -0.282. The zero-order chi connectivity index (χ0) is 22.9. The Morgan fingerprint density at radius 2 is 1.75 bits per heavy atom. The van der Waals surface area contributed by atoms with Crippen molar-refractivity contribution < 1.29 is 18.7 Å². The van der Waals surface area contributed by atoms with Gasteiger partial charge in [0, 0.05) is 18.7 Å². The molecule has 0 spiro atoms. The van der Waals surface area contributed by atoms with Crippen molar-refractivity contribution in [1.29, 1.82) is 0 Å². The van der Waals surface area contributed by atoms with Gasteiger partial charge in [0.05, 0.1) is 18.6 Å². The van der Waals surface area contributed by atoms with Crippen molar-refractivity contribution >= 4 is 16.9 Å². The number of aryl methyl sites for hydroxylation is 1. The highest BCUT2D eigenvalue weighted by atomic mass is 16.5. The quantitative estimate of drug-likeness (QED) is 0.611. The number of benzene rings is 2. The molecule has 4 rings (SSSR count). The van der Waals surface area contributed by atoms with Crippen molar-refractivity contribution in [2.45, 2.75) is 33.1 Å². The lowest BCUT2D eigenvalue weighted by Crippen LogP contribution is -2.43. The molecule has 0 atom stereocenters. The van der Waals surface area contributed by atoms with Crippen LogP contribution in [0.4, 0.5) is 0 Å². The normalized spacial score (nSPS) is 14.6. The van der Waals surface area contributed by atoms with Crippen molar-refractivity contribution in [2.75, 3.05) is 32.9 Å². The van der Waals surface area contributed by atoms with Gasteiger partial charge in [-0.1, -0.05) is 51.1 Å². The van der Waals surface area contributed by atoms with E-state index in [4.69, 9.17) is 13.9 Å². The summed E-state index contributed by atoms with van der Waals surface area (Å²) in [5.41, 5.74) is 3.11. The maximum absolute atomic E-state index is 13.3. The predicted molar refractivity (Wildman–Crippen MR) is 124 cm³/mol. The Labute approximate surface area is 187 Å². The smallest absolute Gasteiger partial charge is 0.260 e. The molecule has 1 aliphatic heterocycles. The third kappa shape index (κ3) is 4.55. The van der Waals surface area contributed by atoms with E-state index in [0.29, 0.717) is 43.0 Å². The monoisotopic (exact) mass is 435 g/mol. The zero-order valence-corrected chi connectivity index (χ0v) is 19.1. The summed E-state index contributed by atoms with van der Waals surface area (Å²) in [5, 5.41) is 0.430. The van der Waals surface area contributed by atoms with Crippen LogP contribution in [0.25, 0.3) is 22.3 Å². The molecule has 2 heterocycles. The van der Waals surface area contributed by atoms with Crippen LogP contribution in [0, 0.1) is 6.92 Å². The lowest BCUT2D eigenvalue weighted by Gasteiger charge is -2.26. The summed E-state index contributed by atoms with van der Waals surface area (Å²) in [5.74, 6) is 0.223. The Kier molecular flexibility index (Phi) is 6.07. The van der Waals surface area contributed by atoms with Crippen LogP contribution < -0.4 is 10.2 Å². The highest BCUT2D eigenvalue weighted by molar-refractivity contribution is 5.83. The summed E-state index contributed by atoms with van der Waals surface area (Å²) in [6.07, 6.45) is 0. The Hall–Kier alpha value is -3.12. The molecule has 6 nitrogen and oxygen atoms in total.